The van der Waals surface area contributed by atoms with E-state index in [1.54, 1.807) is 24.5 Å². The lowest BCUT2D eigenvalue weighted by Crippen LogP contribution is -2.31. The lowest BCUT2D eigenvalue weighted by Gasteiger charge is -2.25. The molecule has 1 aromatic carbocycles. The molecule has 1 aliphatic rings. The number of aromatic nitrogens is 2. The Kier molecular flexibility index (Phi) is 4.16. The molecule has 1 atom stereocenters. The average Bonchev–Trinajstić information content (AvgIpc) is 2.45. The van der Waals surface area contributed by atoms with Gasteiger partial charge in [-0.2, -0.15) is 0 Å². The minimum Gasteiger partial charge on any atom is -0.310 e. The van der Waals surface area contributed by atoms with Gasteiger partial charge in [0.1, 0.15) is 5.82 Å². The highest BCUT2D eigenvalue weighted by molar-refractivity contribution is 7.98. The summed E-state index contributed by atoms with van der Waals surface area (Å²) in [6.45, 7) is 0. The van der Waals surface area contributed by atoms with Gasteiger partial charge in [-0.25, -0.2) is 4.98 Å². The molecule has 1 aromatic heterocycles. The topological polar surface area (TPSA) is 74.8 Å². The Balaban J connectivity index is 2.19. The number of nitrogens with one attached hydrogen (secondary N) is 2. The normalized spacial score (nSPS) is 17.0. The Morgan fingerprint density at radius 2 is 2.09 bits per heavy atom. The van der Waals surface area contributed by atoms with Crippen LogP contribution in [-0.2, 0) is 4.79 Å². The first-order chi connectivity index (χ1) is 10.5. The van der Waals surface area contributed by atoms with Gasteiger partial charge in [0.15, 0.2) is 5.16 Å². The van der Waals surface area contributed by atoms with Crippen LogP contribution < -0.4 is 10.9 Å². The van der Waals surface area contributed by atoms with Crippen molar-refractivity contribution in [1.82, 2.24) is 9.97 Å². The third-order valence-corrected chi connectivity index (χ3v) is 4.60. The van der Waals surface area contributed by atoms with E-state index in [0.29, 0.717) is 32.1 Å². The number of carbonyl (C=O) groups excluding carboxylic acids is 1. The van der Waals surface area contributed by atoms with Crippen LogP contribution in [0.5, 0.6) is 0 Å². The molecule has 22 heavy (non-hydrogen) atoms. The third kappa shape index (κ3) is 2.74. The number of amides is 1. The molecule has 2 aromatic rings. The summed E-state index contributed by atoms with van der Waals surface area (Å²) in [7, 11) is 0. The molecule has 2 N–H and O–H groups in total. The average molecular weight is 356 g/mol. The van der Waals surface area contributed by atoms with Gasteiger partial charge in [-0.05, 0) is 24.0 Å². The Morgan fingerprint density at radius 3 is 2.77 bits per heavy atom. The van der Waals surface area contributed by atoms with E-state index in [1.165, 1.54) is 11.8 Å². The zero-order valence-corrected chi connectivity index (χ0v) is 13.8. The maximum absolute atomic E-state index is 12.4. The molecule has 114 valence electrons. The predicted octanol–water partition coefficient (Wildman–Crippen LogP) is 3.27. The number of aromatic amines is 1. The summed E-state index contributed by atoms with van der Waals surface area (Å²) >= 11 is 13.4. The van der Waals surface area contributed by atoms with Crippen LogP contribution in [-0.4, -0.2) is 22.1 Å². The van der Waals surface area contributed by atoms with Gasteiger partial charge >= 0.3 is 0 Å². The van der Waals surface area contributed by atoms with Crippen LogP contribution >= 0.6 is 35.0 Å². The second-order valence-electron chi connectivity index (χ2n) is 4.81. The lowest BCUT2D eigenvalue weighted by atomic mass is 9.87. The number of halogens is 2. The lowest BCUT2D eigenvalue weighted by molar-refractivity contribution is -0.116. The van der Waals surface area contributed by atoms with Crippen molar-refractivity contribution in [2.75, 3.05) is 11.6 Å². The van der Waals surface area contributed by atoms with E-state index in [4.69, 9.17) is 23.2 Å². The first kappa shape index (κ1) is 15.4. The van der Waals surface area contributed by atoms with E-state index >= 15 is 0 Å². The molecule has 2 heterocycles. The van der Waals surface area contributed by atoms with Crippen LogP contribution in [0.1, 0.15) is 23.5 Å². The van der Waals surface area contributed by atoms with Gasteiger partial charge in [-0.3, -0.25) is 9.59 Å². The molecule has 0 aliphatic carbocycles. The van der Waals surface area contributed by atoms with E-state index in [1.807, 2.05) is 0 Å². The zero-order valence-electron chi connectivity index (χ0n) is 11.4. The molecule has 0 spiro atoms. The molecule has 3 rings (SSSR count). The minimum absolute atomic E-state index is 0.137. The molecule has 0 unspecified atom stereocenters. The number of benzene rings is 1. The SMILES string of the molecule is CSc1nc2c(c(=O)[nH]1)[C@@H](c1ccc(Cl)cc1Cl)CC(=O)N2. The summed E-state index contributed by atoms with van der Waals surface area (Å²) in [4.78, 5) is 31.3. The van der Waals surface area contributed by atoms with Crippen molar-refractivity contribution >= 4 is 46.7 Å². The van der Waals surface area contributed by atoms with E-state index in [9.17, 15) is 9.59 Å². The molecular formula is C14H11Cl2N3O2S. The first-order valence-corrected chi connectivity index (χ1v) is 8.40. The van der Waals surface area contributed by atoms with Gasteiger partial charge in [-0.1, -0.05) is 41.0 Å². The summed E-state index contributed by atoms with van der Waals surface area (Å²) in [6, 6.07) is 5.02. The monoisotopic (exact) mass is 355 g/mol. The third-order valence-electron chi connectivity index (χ3n) is 3.46. The number of H-pyrrole nitrogens is 1. The number of carbonyl (C=O) groups is 1. The van der Waals surface area contributed by atoms with E-state index in [2.05, 4.69) is 15.3 Å². The van der Waals surface area contributed by atoms with Crippen molar-refractivity contribution < 1.29 is 4.79 Å². The summed E-state index contributed by atoms with van der Waals surface area (Å²) in [5, 5.41) is 4.03. The summed E-state index contributed by atoms with van der Waals surface area (Å²) in [5.74, 6) is -0.352. The maximum atomic E-state index is 12.4. The quantitative estimate of drug-likeness (QED) is 0.640. The van der Waals surface area contributed by atoms with Crippen LogP contribution in [0.15, 0.2) is 28.2 Å². The van der Waals surface area contributed by atoms with Gasteiger partial charge in [0.25, 0.3) is 5.56 Å². The Hall–Kier alpha value is -1.50. The number of hydrogen-bond donors (Lipinski definition) is 2. The highest BCUT2D eigenvalue weighted by Crippen LogP contribution is 2.38. The van der Waals surface area contributed by atoms with Crippen LogP contribution in [0.3, 0.4) is 0 Å². The van der Waals surface area contributed by atoms with Crippen molar-refractivity contribution in [3.8, 4) is 0 Å². The molecule has 0 saturated carbocycles. The van der Waals surface area contributed by atoms with Gasteiger partial charge < -0.3 is 10.3 Å². The fourth-order valence-corrected chi connectivity index (χ4v) is 3.41. The summed E-state index contributed by atoms with van der Waals surface area (Å²) in [5.41, 5.74) is 0.832. The molecule has 0 radical (unpaired) electrons. The molecule has 1 amide bonds. The van der Waals surface area contributed by atoms with Crippen molar-refractivity contribution in [1.29, 1.82) is 0 Å². The van der Waals surface area contributed by atoms with Crippen LogP contribution in [0, 0.1) is 0 Å². The molecular weight excluding hydrogens is 345 g/mol. The van der Waals surface area contributed by atoms with Gasteiger partial charge in [-0.15, -0.1) is 0 Å². The fraction of sp³-hybridized carbons (Fsp3) is 0.214. The molecule has 0 bridgehead atoms. The van der Waals surface area contributed by atoms with Crippen molar-refractivity contribution in [2.24, 2.45) is 0 Å². The number of anilines is 1. The van der Waals surface area contributed by atoms with E-state index in [-0.39, 0.29) is 17.9 Å². The highest BCUT2D eigenvalue weighted by Gasteiger charge is 2.32. The van der Waals surface area contributed by atoms with Gasteiger partial charge in [0.05, 0.1) is 5.56 Å². The second kappa shape index (κ2) is 5.95. The van der Waals surface area contributed by atoms with Crippen molar-refractivity contribution in [3.63, 3.8) is 0 Å². The molecule has 1 aliphatic heterocycles. The standard InChI is InChI=1S/C14H11Cl2N3O2S/c1-22-14-18-12-11(13(21)19-14)8(5-10(20)17-12)7-3-2-6(15)4-9(7)16/h2-4,8H,5H2,1H3,(H2,17,18,19,20,21)/t8-/m1/s1. The van der Waals surface area contributed by atoms with Crippen molar-refractivity contribution in [3.05, 3.63) is 49.7 Å². The van der Waals surface area contributed by atoms with Gasteiger partial charge in [0, 0.05) is 22.4 Å². The highest BCUT2D eigenvalue weighted by atomic mass is 35.5. The van der Waals surface area contributed by atoms with Gasteiger partial charge in [0.2, 0.25) is 5.91 Å². The predicted molar refractivity (Wildman–Crippen MR) is 88.2 cm³/mol. The summed E-state index contributed by atoms with van der Waals surface area (Å²) in [6.07, 6.45) is 1.93. The number of nitrogens with zero attached hydrogens (tertiary/aromatic N) is 1. The molecule has 0 fully saturated rings. The number of hydrogen-bond acceptors (Lipinski definition) is 4. The Bertz CT molecular complexity index is 822. The number of thioether (sulfide) groups is 1. The number of fused-ring (bicyclic) bond motifs is 1. The fourth-order valence-electron chi connectivity index (χ4n) is 2.50. The Morgan fingerprint density at radius 1 is 1.32 bits per heavy atom. The smallest absolute Gasteiger partial charge is 0.257 e. The number of rotatable bonds is 2. The zero-order chi connectivity index (χ0) is 15.9. The van der Waals surface area contributed by atoms with E-state index in [0.717, 1.165) is 0 Å². The Labute approximate surface area is 140 Å². The van der Waals surface area contributed by atoms with Crippen LogP contribution in [0.4, 0.5) is 5.82 Å². The first-order valence-electron chi connectivity index (χ1n) is 6.42. The molecule has 8 heteroatoms. The van der Waals surface area contributed by atoms with Crippen LogP contribution in [0.2, 0.25) is 10.0 Å². The molecule has 0 saturated heterocycles. The maximum Gasteiger partial charge on any atom is 0.257 e. The largest absolute Gasteiger partial charge is 0.310 e. The van der Waals surface area contributed by atoms with Crippen LogP contribution in [0.25, 0.3) is 0 Å². The second-order valence-corrected chi connectivity index (χ2v) is 6.45. The molecule has 5 nitrogen and oxygen atoms in total. The minimum atomic E-state index is -0.444. The summed E-state index contributed by atoms with van der Waals surface area (Å²) < 4.78 is 0. The van der Waals surface area contributed by atoms with E-state index < -0.39 is 5.92 Å². The van der Waals surface area contributed by atoms with Crippen molar-refractivity contribution in [2.45, 2.75) is 17.5 Å².